The maximum atomic E-state index is 13.1. The lowest BCUT2D eigenvalue weighted by Gasteiger charge is -2.31. The smallest absolute Gasteiger partial charge is 0.243 e. The third kappa shape index (κ3) is 3.77. The number of rotatable bonds is 5. The molecule has 29 heavy (non-hydrogen) atoms. The Hall–Kier alpha value is -2.71. The minimum atomic E-state index is -3.59. The van der Waals surface area contributed by atoms with Crippen molar-refractivity contribution < 1.29 is 17.9 Å². The molecular weight excluding hydrogens is 390 g/mol. The van der Waals surface area contributed by atoms with Gasteiger partial charge in [-0.05, 0) is 49.2 Å². The fourth-order valence-corrected chi connectivity index (χ4v) is 5.20. The molecule has 1 aliphatic heterocycles. The highest BCUT2D eigenvalue weighted by Crippen LogP contribution is 2.33. The van der Waals surface area contributed by atoms with E-state index >= 15 is 0 Å². The molecule has 1 fully saturated rings. The highest BCUT2D eigenvalue weighted by molar-refractivity contribution is 7.89. The molecule has 7 nitrogen and oxygen atoms in total. The van der Waals surface area contributed by atoms with Crippen molar-refractivity contribution in [2.24, 2.45) is 0 Å². The van der Waals surface area contributed by atoms with Crippen LogP contribution in [0.15, 0.2) is 53.6 Å². The van der Waals surface area contributed by atoms with Crippen LogP contribution in [0.3, 0.4) is 0 Å². The van der Waals surface area contributed by atoms with Gasteiger partial charge in [0.1, 0.15) is 0 Å². The first kappa shape index (κ1) is 19.6. The Balaban J connectivity index is 1.51. The van der Waals surface area contributed by atoms with Crippen molar-refractivity contribution in [3.05, 3.63) is 54.4 Å². The number of hydrogen-bond acceptors (Lipinski definition) is 6. The Bertz CT molecular complexity index is 1130. The van der Waals surface area contributed by atoms with Crippen molar-refractivity contribution in [1.82, 2.24) is 14.3 Å². The van der Waals surface area contributed by atoms with Gasteiger partial charge in [0.25, 0.3) is 0 Å². The first-order chi connectivity index (χ1) is 14.0. The van der Waals surface area contributed by atoms with Crippen LogP contribution in [0.5, 0.6) is 11.5 Å². The number of ether oxygens (including phenoxy) is 2. The Labute approximate surface area is 170 Å². The molecule has 3 heterocycles. The van der Waals surface area contributed by atoms with Gasteiger partial charge >= 0.3 is 0 Å². The quantitative estimate of drug-likeness (QED) is 0.639. The molecule has 0 N–H and O–H groups in total. The molecular formula is C21H23N3O4S. The zero-order valence-electron chi connectivity index (χ0n) is 16.4. The van der Waals surface area contributed by atoms with Gasteiger partial charge in [-0.25, -0.2) is 18.4 Å². The summed E-state index contributed by atoms with van der Waals surface area (Å²) in [5, 5.41) is 1.00. The monoisotopic (exact) mass is 413 g/mol. The Morgan fingerprint density at radius 1 is 1.00 bits per heavy atom. The number of hydrogen-bond donors (Lipinski definition) is 0. The van der Waals surface area contributed by atoms with Gasteiger partial charge < -0.3 is 9.47 Å². The van der Waals surface area contributed by atoms with Crippen LogP contribution >= 0.6 is 0 Å². The van der Waals surface area contributed by atoms with E-state index in [1.807, 2.05) is 24.3 Å². The maximum absolute atomic E-state index is 13.1. The lowest BCUT2D eigenvalue weighted by Crippen LogP contribution is -2.38. The predicted molar refractivity (Wildman–Crippen MR) is 110 cm³/mol. The highest BCUT2D eigenvalue weighted by atomic mass is 32.2. The summed E-state index contributed by atoms with van der Waals surface area (Å²) in [5.41, 5.74) is 1.70. The number of sulfonamides is 1. The Morgan fingerprint density at radius 2 is 1.76 bits per heavy atom. The molecule has 0 amide bonds. The van der Waals surface area contributed by atoms with Crippen LogP contribution in [0, 0.1) is 0 Å². The zero-order valence-corrected chi connectivity index (χ0v) is 17.2. The fraction of sp³-hybridized carbons (Fsp3) is 0.333. The van der Waals surface area contributed by atoms with E-state index in [1.165, 1.54) is 24.6 Å². The van der Waals surface area contributed by atoms with Crippen molar-refractivity contribution in [3.8, 4) is 11.5 Å². The zero-order chi connectivity index (χ0) is 20.4. The van der Waals surface area contributed by atoms with Crippen molar-refractivity contribution in [1.29, 1.82) is 0 Å². The highest BCUT2D eigenvalue weighted by Gasteiger charge is 2.31. The van der Waals surface area contributed by atoms with Gasteiger partial charge in [-0.2, -0.15) is 4.31 Å². The van der Waals surface area contributed by atoms with E-state index in [-0.39, 0.29) is 10.8 Å². The van der Waals surface area contributed by atoms with Gasteiger partial charge in [-0.3, -0.25) is 0 Å². The fourth-order valence-electron chi connectivity index (χ4n) is 3.71. The molecule has 0 aliphatic carbocycles. The number of pyridine rings is 2. The van der Waals surface area contributed by atoms with E-state index in [0.717, 1.165) is 29.6 Å². The van der Waals surface area contributed by atoms with Crippen molar-refractivity contribution in [2.45, 2.75) is 23.7 Å². The summed E-state index contributed by atoms with van der Waals surface area (Å²) in [4.78, 5) is 9.21. The average molecular weight is 413 g/mol. The number of benzene rings is 1. The summed E-state index contributed by atoms with van der Waals surface area (Å²) in [6.45, 7) is 0.895. The van der Waals surface area contributed by atoms with E-state index in [2.05, 4.69) is 9.97 Å². The van der Waals surface area contributed by atoms with E-state index in [0.29, 0.717) is 24.6 Å². The summed E-state index contributed by atoms with van der Waals surface area (Å²) in [5.74, 6) is 1.12. The molecule has 0 bridgehead atoms. The number of nitrogens with zero attached hydrogens (tertiary/aromatic N) is 3. The van der Waals surface area contributed by atoms with Gasteiger partial charge in [0.05, 0.1) is 19.1 Å². The molecule has 2 aromatic heterocycles. The Kier molecular flexibility index (Phi) is 5.38. The van der Waals surface area contributed by atoms with E-state index in [1.54, 1.807) is 18.3 Å². The first-order valence-electron chi connectivity index (χ1n) is 9.47. The van der Waals surface area contributed by atoms with Crippen LogP contribution in [0.1, 0.15) is 24.5 Å². The molecule has 0 saturated carbocycles. The lowest BCUT2D eigenvalue weighted by molar-refractivity contribution is 0.316. The van der Waals surface area contributed by atoms with Crippen molar-refractivity contribution in [2.75, 3.05) is 27.3 Å². The van der Waals surface area contributed by atoms with Crippen LogP contribution in [-0.2, 0) is 10.0 Å². The summed E-state index contributed by atoms with van der Waals surface area (Å²) in [6, 6.07) is 12.6. The first-order valence-corrected chi connectivity index (χ1v) is 10.9. The molecule has 1 aromatic carbocycles. The summed E-state index contributed by atoms with van der Waals surface area (Å²) in [7, 11) is -0.583. The largest absolute Gasteiger partial charge is 0.493 e. The van der Waals surface area contributed by atoms with Crippen LogP contribution in [0.4, 0.5) is 0 Å². The lowest BCUT2D eigenvalue weighted by atomic mass is 9.94. The van der Waals surface area contributed by atoms with Crippen LogP contribution < -0.4 is 9.47 Å². The molecule has 0 radical (unpaired) electrons. The summed E-state index contributed by atoms with van der Waals surface area (Å²) < 4.78 is 38.1. The van der Waals surface area contributed by atoms with Crippen molar-refractivity contribution in [3.63, 3.8) is 0 Å². The molecule has 0 spiro atoms. The van der Waals surface area contributed by atoms with E-state index in [9.17, 15) is 8.42 Å². The maximum Gasteiger partial charge on any atom is 0.243 e. The number of fused-ring (bicyclic) bond motifs is 1. The van der Waals surface area contributed by atoms with E-state index in [4.69, 9.17) is 9.47 Å². The van der Waals surface area contributed by atoms with Crippen LogP contribution in [0.2, 0.25) is 0 Å². The second kappa shape index (κ2) is 7.96. The standard InChI is InChI=1S/C21H23N3O4S/c1-27-19-8-6-17(14-20(19)28-2)29(25,26)24-12-9-15(10-13-24)18-7-5-16-4-3-11-22-21(16)23-18/h3-8,11,14-15H,9-10,12-13H2,1-2H3. The number of aromatic nitrogens is 2. The van der Waals surface area contributed by atoms with Gasteiger partial charge in [-0.15, -0.1) is 0 Å². The SMILES string of the molecule is COc1ccc(S(=O)(=O)N2CCC(c3ccc4cccnc4n3)CC2)cc1OC. The van der Waals surface area contributed by atoms with Gasteiger partial charge in [0.15, 0.2) is 17.1 Å². The number of methoxy groups -OCH3 is 2. The average Bonchev–Trinajstić information content (AvgIpc) is 2.78. The second-order valence-corrected chi connectivity index (χ2v) is 8.92. The third-order valence-electron chi connectivity index (χ3n) is 5.35. The molecule has 0 atom stereocenters. The number of piperidine rings is 1. The minimum Gasteiger partial charge on any atom is -0.493 e. The van der Waals surface area contributed by atoms with Crippen LogP contribution in [0.25, 0.3) is 11.0 Å². The topological polar surface area (TPSA) is 81.6 Å². The molecule has 152 valence electrons. The second-order valence-electron chi connectivity index (χ2n) is 6.98. The molecule has 1 saturated heterocycles. The normalized spacial score (nSPS) is 16.1. The summed E-state index contributed by atoms with van der Waals surface area (Å²) in [6.07, 6.45) is 3.17. The molecule has 0 unspecified atom stereocenters. The van der Waals surface area contributed by atoms with Gasteiger partial charge in [0, 0.05) is 42.4 Å². The molecule has 3 aromatic rings. The predicted octanol–water partition coefficient (Wildman–Crippen LogP) is 3.22. The van der Waals surface area contributed by atoms with Gasteiger partial charge in [-0.1, -0.05) is 0 Å². The summed E-state index contributed by atoms with van der Waals surface area (Å²) >= 11 is 0. The van der Waals surface area contributed by atoms with Gasteiger partial charge in [0.2, 0.25) is 10.0 Å². The molecule has 4 rings (SSSR count). The van der Waals surface area contributed by atoms with Crippen LogP contribution in [-0.4, -0.2) is 50.0 Å². The minimum absolute atomic E-state index is 0.210. The Morgan fingerprint density at radius 3 is 2.48 bits per heavy atom. The van der Waals surface area contributed by atoms with E-state index < -0.39 is 10.0 Å². The van der Waals surface area contributed by atoms with Crippen molar-refractivity contribution >= 4 is 21.1 Å². The molecule has 8 heteroatoms. The third-order valence-corrected chi connectivity index (χ3v) is 7.25. The molecule has 1 aliphatic rings.